The average molecular weight is 338 g/mol. The number of rotatable bonds is 4. The van der Waals surface area contributed by atoms with Crippen molar-refractivity contribution >= 4 is 11.7 Å². The van der Waals surface area contributed by atoms with E-state index in [9.17, 15) is 9.59 Å². The van der Waals surface area contributed by atoms with E-state index in [0.717, 1.165) is 11.3 Å². The smallest absolute Gasteiger partial charge is 0.257 e. The van der Waals surface area contributed by atoms with E-state index in [1.807, 2.05) is 24.3 Å². The number of carbonyl (C=O) groups excluding carboxylic acids is 1. The molecule has 1 amide bonds. The van der Waals surface area contributed by atoms with Crippen molar-refractivity contribution in [3.63, 3.8) is 0 Å². The zero-order valence-electron chi connectivity index (χ0n) is 14.2. The molecule has 0 unspecified atom stereocenters. The highest BCUT2D eigenvalue weighted by molar-refractivity contribution is 6.03. The van der Waals surface area contributed by atoms with Gasteiger partial charge in [-0.3, -0.25) is 14.3 Å². The number of benzene rings is 1. The van der Waals surface area contributed by atoms with Gasteiger partial charge in [-0.1, -0.05) is 12.1 Å². The van der Waals surface area contributed by atoms with Crippen molar-refractivity contribution in [3.05, 3.63) is 64.6 Å². The normalized spacial score (nSPS) is 10.5. The Balaban J connectivity index is 1.86. The lowest BCUT2D eigenvalue weighted by Crippen LogP contribution is -2.20. The van der Waals surface area contributed by atoms with E-state index in [0.29, 0.717) is 17.1 Å². The molecule has 7 nitrogen and oxygen atoms in total. The third-order valence-corrected chi connectivity index (χ3v) is 3.85. The lowest BCUT2D eigenvalue weighted by atomic mass is 10.1. The average Bonchev–Trinajstić information content (AvgIpc) is 2.98. The van der Waals surface area contributed by atoms with Gasteiger partial charge < -0.3 is 14.6 Å². The van der Waals surface area contributed by atoms with Gasteiger partial charge in [0.05, 0.1) is 12.8 Å². The van der Waals surface area contributed by atoms with Crippen molar-refractivity contribution < 1.29 is 9.53 Å². The summed E-state index contributed by atoms with van der Waals surface area (Å²) in [7, 11) is 4.97. The Morgan fingerprint density at radius 1 is 1.16 bits per heavy atom. The molecule has 0 radical (unpaired) electrons. The molecule has 1 N–H and O–H groups in total. The Hall–Kier alpha value is -3.35. The molecule has 0 aliphatic rings. The standard InChI is InChI=1S/C18H18N4O3/c1-21-8-7-13(10-17(21)23)18(24)19-16-11-15(20-22(16)2)12-5-4-6-14(9-12)25-3/h4-11H,1-3H3,(H,19,24). The second-order valence-corrected chi connectivity index (χ2v) is 5.59. The lowest BCUT2D eigenvalue weighted by Gasteiger charge is -2.05. The summed E-state index contributed by atoms with van der Waals surface area (Å²) in [5.41, 5.74) is 1.65. The summed E-state index contributed by atoms with van der Waals surface area (Å²) in [6.45, 7) is 0. The fraction of sp³-hybridized carbons (Fsp3) is 0.167. The van der Waals surface area contributed by atoms with E-state index in [1.165, 1.54) is 10.6 Å². The molecular weight excluding hydrogens is 320 g/mol. The predicted molar refractivity (Wildman–Crippen MR) is 94.8 cm³/mol. The van der Waals surface area contributed by atoms with E-state index < -0.39 is 0 Å². The van der Waals surface area contributed by atoms with E-state index in [1.54, 1.807) is 44.2 Å². The molecule has 128 valence electrons. The second-order valence-electron chi connectivity index (χ2n) is 5.59. The minimum atomic E-state index is -0.363. The third-order valence-electron chi connectivity index (χ3n) is 3.85. The number of nitrogens with one attached hydrogen (secondary N) is 1. The molecule has 0 aliphatic heterocycles. The van der Waals surface area contributed by atoms with Crippen LogP contribution in [0.3, 0.4) is 0 Å². The van der Waals surface area contributed by atoms with E-state index in [2.05, 4.69) is 10.4 Å². The SMILES string of the molecule is COc1cccc(-c2cc(NC(=O)c3ccn(C)c(=O)c3)n(C)n2)c1. The Morgan fingerprint density at radius 2 is 1.96 bits per heavy atom. The minimum Gasteiger partial charge on any atom is -0.497 e. The van der Waals surface area contributed by atoms with Crippen LogP contribution in [0.1, 0.15) is 10.4 Å². The first kappa shape index (κ1) is 16.5. The Kier molecular flexibility index (Phi) is 4.38. The molecule has 3 rings (SSSR count). The molecule has 3 aromatic rings. The van der Waals surface area contributed by atoms with Gasteiger partial charge in [-0.15, -0.1) is 0 Å². The lowest BCUT2D eigenvalue weighted by molar-refractivity contribution is 0.102. The first-order chi connectivity index (χ1) is 12.0. The van der Waals surface area contributed by atoms with Crippen LogP contribution < -0.4 is 15.6 Å². The van der Waals surface area contributed by atoms with Gasteiger partial charge in [0, 0.05) is 43.6 Å². The Morgan fingerprint density at radius 3 is 2.68 bits per heavy atom. The fourth-order valence-electron chi connectivity index (χ4n) is 2.39. The van der Waals surface area contributed by atoms with Gasteiger partial charge in [0.2, 0.25) is 0 Å². The summed E-state index contributed by atoms with van der Waals surface area (Å²) in [6.07, 6.45) is 1.56. The number of aryl methyl sites for hydroxylation is 2. The number of carbonyl (C=O) groups is 1. The quantitative estimate of drug-likeness (QED) is 0.790. The zero-order chi connectivity index (χ0) is 18.0. The first-order valence-corrected chi connectivity index (χ1v) is 7.64. The maximum Gasteiger partial charge on any atom is 0.257 e. The molecule has 1 aromatic carbocycles. The number of anilines is 1. The molecule has 0 saturated carbocycles. The van der Waals surface area contributed by atoms with Crippen LogP contribution in [-0.4, -0.2) is 27.4 Å². The number of nitrogens with zero attached hydrogens (tertiary/aromatic N) is 3. The molecule has 2 aromatic heterocycles. The second kappa shape index (κ2) is 6.64. The molecular formula is C18H18N4O3. The summed E-state index contributed by atoms with van der Waals surface area (Å²) in [5, 5.41) is 7.19. The summed E-state index contributed by atoms with van der Waals surface area (Å²) >= 11 is 0. The topological polar surface area (TPSA) is 78.1 Å². The molecule has 0 spiro atoms. The minimum absolute atomic E-state index is 0.241. The van der Waals surface area contributed by atoms with Gasteiger partial charge >= 0.3 is 0 Å². The van der Waals surface area contributed by atoms with Gasteiger partial charge in [-0.05, 0) is 18.2 Å². The third kappa shape index (κ3) is 3.45. The van der Waals surface area contributed by atoms with Crippen molar-refractivity contribution in [1.82, 2.24) is 14.3 Å². The number of methoxy groups -OCH3 is 1. The van der Waals surface area contributed by atoms with Crippen molar-refractivity contribution in [1.29, 1.82) is 0 Å². The highest BCUT2D eigenvalue weighted by atomic mass is 16.5. The van der Waals surface area contributed by atoms with Crippen molar-refractivity contribution in [2.75, 3.05) is 12.4 Å². The van der Waals surface area contributed by atoms with Crippen LogP contribution >= 0.6 is 0 Å². The molecule has 25 heavy (non-hydrogen) atoms. The summed E-state index contributed by atoms with van der Waals surface area (Å²) in [5.74, 6) is 0.898. The fourth-order valence-corrected chi connectivity index (χ4v) is 2.39. The maximum atomic E-state index is 12.4. The summed E-state index contributed by atoms with van der Waals surface area (Å²) in [4.78, 5) is 24.0. The summed E-state index contributed by atoms with van der Waals surface area (Å²) in [6, 6.07) is 12.2. The van der Waals surface area contributed by atoms with Crippen molar-refractivity contribution in [3.8, 4) is 17.0 Å². The van der Waals surface area contributed by atoms with Crippen molar-refractivity contribution in [2.24, 2.45) is 14.1 Å². The van der Waals surface area contributed by atoms with Crippen LogP contribution in [0.4, 0.5) is 5.82 Å². The van der Waals surface area contributed by atoms with Crippen LogP contribution in [0.2, 0.25) is 0 Å². The van der Waals surface area contributed by atoms with E-state index in [-0.39, 0.29) is 11.5 Å². The van der Waals surface area contributed by atoms with E-state index in [4.69, 9.17) is 4.74 Å². The number of hydrogen-bond acceptors (Lipinski definition) is 4. The van der Waals surface area contributed by atoms with Gasteiger partial charge in [-0.25, -0.2) is 0 Å². The predicted octanol–water partition coefficient (Wildman–Crippen LogP) is 2.05. The number of aromatic nitrogens is 3. The maximum absolute atomic E-state index is 12.4. The molecule has 0 bridgehead atoms. The number of hydrogen-bond donors (Lipinski definition) is 1. The Labute approximate surface area is 144 Å². The van der Waals surface area contributed by atoms with Crippen LogP contribution in [0, 0.1) is 0 Å². The highest BCUT2D eigenvalue weighted by Crippen LogP contribution is 2.25. The van der Waals surface area contributed by atoms with Crippen LogP contribution in [0.15, 0.2) is 53.5 Å². The van der Waals surface area contributed by atoms with Gasteiger partial charge in [0.25, 0.3) is 11.5 Å². The monoisotopic (exact) mass is 338 g/mol. The summed E-state index contributed by atoms with van der Waals surface area (Å²) < 4.78 is 8.20. The largest absolute Gasteiger partial charge is 0.497 e. The zero-order valence-corrected chi connectivity index (χ0v) is 14.2. The van der Waals surface area contributed by atoms with Crippen LogP contribution in [-0.2, 0) is 14.1 Å². The number of pyridine rings is 1. The van der Waals surface area contributed by atoms with Crippen LogP contribution in [0.25, 0.3) is 11.3 Å². The molecule has 0 atom stereocenters. The Bertz CT molecular complexity index is 988. The molecule has 7 heteroatoms. The number of ether oxygens (including phenoxy) is 1. The van der Waals surface area contributed by atoms with Gasteiger partial charge in [0.15, 0.2) is 0 Å². The van der Waals surface area contributed by atoms with Gasteiger partial charge in [0.1, 0.15) is 11.6 Å². The molecule has 0 fully saturated rings. The highest BCUT2D eigenvalue weighted by Gasteiger charge is 2.13. The van der Waals surface area contributed by atoms with Crippen molar-refractivity contribution in [2.45, 2.75) is 0 Å². The van der Waals surface area contributed by atoms with E-state index >= 15 is 0 Å². The molecule has 2 heterocycles. The first-order valence-electron chi connectivity index (χ1n) is 7.64. The van der Waals surface area contributed by atoms with Gasteiger partial charge in [-0.2, -0.15) is 5.10 Å². The molecule has 0 saturated heterocycles. The van der Waals surface area contributed by atoms with Crippen LogP contribution in [0.5, 0.6) is 5.75 Å². The number of amides is 1. The molecule has 0 aliphatic carbocycles.